The lowest BCUT2D eigenvalue weighted by molar-refractivity contribution is 0.102. The van der Waals surface area contributed by atoms with Crippen molar-refractivity contribution in [3.63, 3.8) is 0 Å². The minimum Gasteiger partial charge on any atom is -0.493 e. The number of pyridine rings is 1. The number of carbonyl (C=O) groups excluding carboxylic acids is 1. The van der Waals surface area contributed by atoms with E-state index in [1.807, 2.05) is 24.3 Å². The lowest BCUT2D eigenvalue weighted by atomic mass is 10.2. The van der Waals surface area contributed by atoms with Gasteiger partial charge in [-0.05, 0) is 35.9 Å². The van der Waals surface area contributed by atoms with Gasteiger partial charge in [-0.15, -0.1) is 0 Å². The zero-order valence-corrected chi connectivity index (χ0v) is 16.3. The van der Waals surface area contributed by atoms with Crippen molar-refractivity contribution in [2.75, 3.05) is 24.9 Å². The Morgan fingerprint density at radius 1 is 0.964 bits per heavy atom. The van der Waals surface area contributed by atoms with E-state index in [1.54, 1.807) is 44.7 Å². The number of benzene rings is 2. The monoisotopic (exact) mass is 397 g/mol. The molecule has 144 valence electrons. The van der Waals surface area contributed by atoms with Crippen molar-refractivity contribution in [1.29, 1.82) is 0 Å². The lowest BCUT2D eigenvalue weighted by Gasteiger charge is -2.11. The van der Waals surface area contributed by atoms with Crippen LogP contribution in [-0.2, 0) is 6.54 Å². The molecule has 7 heteroatoms. The van der Waals surface area contributed by atoms with Crippen molar-refractivity contribution in [3.05, 3.63) is 77.1 Å². The maximum Gasteiger partial charge on any atom is 0.257 e. The van der Waals surface area contributed by atoms with E-state index >= 15 is 0 Å². The fraction of sp³-hybridized carbons (Fsp3) is 0.143. The Bertz CT molecular complexity index is 961. The fourth-order valence-corrected chi connectivity index (χ4v) is 2.71. The number of hydrogen-bond acceptors (Lipinski definition) is 5. The number of amides is 1. The summed E-state index contributed by atoms with van der Waals surface area (Å²) in [5, 5.41) is 6.78. The van der Waals surface area contributed by atoms with Crippen LogP contribution < -0.4 is 20.1 Å². The fourth-order valence-electron chi connectivity index (χ4n) is 2.58. The molecule has 0 fully saturated rings. The normalized spacial score (nSPS) is 10.2. The van der Waals surface area contributed by atoms with Crippen LogP contribution in [0, 0.1) is 0 Å². The van der Waals surface area contributed by atoms with Gasteiger partial charge in [-0.2, -0.15) is 0 Å². The highest BCUT2D eigenvalue weighted by atomic mass is 35.5. The zero-order valence-electron chi connectivity index (χ0n) is 15.5. The Labute approximate surface area is 168 Å². The highest BCUT2D eigenvalue weighted by molar-refractivity contribution is 6.30. The van der Waals surface area contributed by atoms with Crippen molar-refractivity contribution in [1.82, 2.24) is 4.98 Å². The van der Waals surface area contributed by atoms with Crippen molar-refractivity contribution >= 4 is 28.9 Å². The molecule has 3 rings (SSSR count). The Kier molecular flexibility index (Phi) is 6.34. The summed E-state index contributed by atoms with van der Waals surface area (Å²) in [5.41, 5.74) is 2.86. The maximum atomic E-state index is 12.6. The van der Waals surface area contributed by atoms with Gasteiger partial charge >= 0.3 is 0 Å². The van der Waals surface area contributed by atoms with Gasteiger partial charge in [0.2, 0.25) is 0 Å². The highest BCUT2D eigenvalue weighted by Crippen LogP contribution is 2.30. The lowest BCUT2D eigenvalue weighted by Crippen LogP contribution is -2.13. The molecule has 0 saturated heterocycles. The number of halogens is 1. The van der Waals surface area contributed by atoms with Gasteiger partial charge in [-0.3, -0.25) is 9.78 Å². The molecule has 0 spiro atoms. The maximum absolute atomic E-state index is 12.6. The topological polar surface area (TPSA) is 72.5 Å². The van der Waals surface area contributed by atoms with Crippen LogP contribution in [-0.4, -0.2) is 25.1 Å². The van der Waals surface area contributed by atoms with E-state index in [1.165, 1.54) is 6.20 Å². The van der Waals surface area contributed by atoms with E-state index in [0.717, 1.165) is 11.3 Å². The van der Waals surface area contributed by atoms with E-state index < -0.39 is 0 Å². The molecule has 0 saturated carbocycles. The van der Waals surface area contributed by atoms with E-state index in [4.69, 9.17) is 21.1 Å². The van der Waals surface area contributed by atoms with Crippen molar-refractivity contribution in [2.45, 2.75) is 6.54 Å². The van der Waals surface area contributed by atoms with Crippen LogP contribution in [0.25, 0.3) is 0 Å². The van der Waals surface area contributed by atoms with E-state index in [0.29, 0.717) is 34.3 Å². The largest absolute Gasteiger partial charge is 0.493 e. The first-order chi connectivity index (χ1) is 13.6. The number of anilines is 2. The third-order valence-electron chi connectivity index (χ3n) is 4.05. The van der Waals surface area contributed by atoms with Gasteiger partial charge in [0.25, 0.3) is 5.91 Å². The number of aromatic nitrogens is 1. The van der Waals surface area contributed by atoms with Gasteiger partial charge in [0, 0.05) is 35.7 Å². The molecule has 0 aliphatic heterocycles. The molecule has 0 radical (unpaired) electrons. The molecule has 1 aromatic heterocycles. The average Bonchev–Trinajstić information content (AvgIpc) is 2.73. The predicted molar refractivity (Wildman–Crippen MR) is 111 cm³/mol. The molecule has 0 aliphatic rings. The van der Waals surface area contributed by atoms with Crippen LogP contribution in [0.5, 0.6) is 11.5 Å². The summed E-state index contributed by atoms with van der Waals surface area (Å²) in [6, 6.07) is 14.5. The van der Waals surface area contributed by atoms with Crippen LogP contribution in [0.1, 0.15) is 15.9 Å². The summed E-state index contributed by atoms with van der Waals surface area (Å²) >= 11 is 5.90. The molecule has 28 heavy (non-hydrogen) atoms. The van der Waals surface area contributed by atoms with Crippen molar-refractivity contribution in [3.8, 4) is 11.5 Å². The summed E-state index contributed by atoms with van der Waals surface area (Å²) in [6.07, 6.45) is 3.19. The molecule has 2 aromatic carbocycles. The average molecular weight is 398 g/mol. The van der Waals surface area contributed by atoms with Crippen LogP contribution >= 0.6 is 11.6 Å². The number of hydrogen-bond donors (Lipinski definition) is 2. The number of nitrogens with one attached hydrogen (secondary N) is 2. The summed E-state index contributed by atoms with van der Waals surface area (Å²) in [6.45, 7) is 0.597. The van der Waals surface area contributed by atoms with Crippen molar-refractivity contribution in [2.24, 2.45) is 0 Å². The third-order valence-corrected chi connectivity index (χ3v) is 4.30. The van der Waals surface area contributed by atoms with E-state index in [9.17, 15) is 4.79 Å². The first-order valence-electron chi connectivity index (χ1n) is 8.56. The Morgan fingerprint density at radius 3 is 2.43 bits per heavy atom. The number of rotatable bonds is 7. The second-order valence-electron chi connectivity index (χ2n) is 5.97. The van der Waals surface area contributed by atoms with Gasteiger partial charge in [0.1, 0.15) is 0 Å². The molecule has 0 aliphatic carbocycles. The molecule has 2 N–H and O–H groups in total. The quantitative estimate of drug-likeness (QED) is 0.608. The first kappa shape index (κ1) is 19.5. The zero-order chi connectivity index (χ0) is 19.9. The van der Waals surface area contributed by atoms with Crippen LogP contribution in [0.2, 0.25) is 5.02 Å². The second-order valence-corrected chi connectivity index (χ2v) is 6.40. The smallest absolute Gasteiger partial charge is 0.257 e. The van der Waals surface area contributed by atoms with E-state index in [-0.39, 0.29) is 5.91 Å². The molecular formula is C21H20ClN3O3. The molecule has 1 heterocycles. The van der Waals surface area contributed by atoms with Crippen LogP contribution in [0.3, 0.4) is 0 Å². The highest BCUT2D eigenvalue weighted by Gasteiger charge is 2.10. The van der Waals surface area contributed by atoms with Gasteiger partial charge < -0.3 is 20.1 Å². The summed E-state index contributed by atoms with van der Waals surface area (Å²) in [5.74, 6) is 0.863. The predicted octanol–water partition coefficient (Wildman–Crippen LogP) is 4.62. The minimum atomic E-state index is -0.269. The second kappa shape index (κ2) is 9.10. The number of nitrogens with zero attached hydrogens (tertiary/aromatic N) is 1. The molecule has 3 aromatic rings. The molecular weight excluding hydrogens is 378 g/mol. The van der Waals surface area contributed by atoms with Crippen LogP contribution in [0.4, 0.5) is 11.4 Å². The molecule has 1 amide bonds. The number of ether oxygens (including phenoxy) is 2. The standard InChI is InChI=1S/C21H20ClN3O3/c1-27-19-8-7-17(10-20(19)28-2)25-21(26)15-9-18(13-23-12-15)24-11-14-3-5-16(22)6-4-14/h3-10,12-13,24H,11H2,1-2H3,(H,25,26). The summed E-state index contributed by atoms with van der Waals surface area (Å²) < 4.78 is 10.5. The Morgan fingerprint density at radius 2 is 1.71 bits per heavy atom. The minimum absolute atomic E-state index is 0.269. The van der Waals surface area contributed by atoms with Gasteiger partial charge in [-0.1, -0.05) is 23.7 Å². The van der Waals surface area contributed by atoms with Gasteiger partial charge in [-0.25, -0.2) is 0 Å². The van der Waals surface area contributed by atoms with Gasteiger partial charge in [0.15, 0.2) is 11.5 Å². The third kappa shape index (κ3) is 4.92. The van der Waals surface area contributed by atoms with Crippen molar-refractivity contribution < 1.29 is 14.3 Å². The Hall–Kier alpha value is -3.25. The van der Waals surface area contributed by atoms with Gasteiger partial charge in [0.05, 0.1) is 25.5 Å². The van der Waals surface area contributed by atoms with Crippen LogP contribution in [0.15, 0.2) is 60.9 Å². The molecule has 0 bridgehead atoms. The molecule has 0 unspecified atom stereocenters. The molecule has 0 atom stereocenters. The molecule has 6 nitrogen and oxygen atoms in total. The number of methoxy groups -OCH3 is 2. The summed E-state index contributed by atoms with van der Waals surface area (Å²) in [4.78, 5) is 16.7. The van der Waals surface area contributed by atoms with E-state index in [2.05, 4.69) is 15.6 Å². The number of carbonyl (C=O) groups is 1. The first-order valence-corrected chi connectivity index (χ1v) is 8.93. The summed E-state index contributed by atoms with van der Waals surface area (Å²) in [7, 11) is 3.10. The SMILES string of the molecule is COc1ccc(NC(=O)c2cncc(NCc3ccc(Cl)cc3)c2)cc1OC. The Balaban J connectivity index is 1.67.